The molecule has 1 heterocycles. The van der Waals surface area contributed by atoms with E-state index in [4.69, 9.17) is 9.47 Å². The standard InChI is InChI=1S/C19H23NO2/c1-2-12-20-16(13-15-8-4-3-5-9-15)19-14-21-17-10-6-7-11-18(17)22-19/h3-11,16,19-20H,2,12-14H2,1H3. The summed E-state index contributed by atoms with van der Waals surface area (Å²) in [5.74, 6) is 1.68. The molecule has 2 atom stereocenters. The van der Waals surface area contributed by atoms with E-state index in [2.05, 4.69) is 42.6 Å². The highest BCUT2D eigenvalue weighted by Gasteiger charge is 2.28. The van der Waals surface area contributed by atoms with E-state index >= 15 is 0 Å². The topological polar surface area (TPSA) is 30.5 Å². The maximum atomic E-state index is 6.18. The molecule has 0 saturated heterocycles. The number of hydrogen-bond donors (Lipinski definition) is 1. The molecular formula is C19H23NO2. The third-order valence-electron chi connectivity index (χ3n) is 3.93. The zero-order valence-electron chi connectivity index (χ0n) is 13.0. The van der Waals surface area contributed by atoms with Gasteiger partial charge in [0.15, 0.2) is 11.5 Å². The number of hydrogen-bond acceptors (Lipinski definition) is 3. The summed E-state index contributed by atoms with van der Waals surface area (Å²) in [5, 5.41) is 3.61. The fourth-order valence-electron chi connectivity index (χ4n) is 2.77. The average molecular weight is 297 g/mol. The summed E-state index contributed by atoms with van der Waals surface area (Å²) in [6.45, 7) is 3.75. The van der Waals surface area contributed by atoms with Crippen molar-refractivity contribution < 1.29 is 9.47 Å². The Morgan fingerprint density at radius 1 is 1.05 bits per heavy atom. The molecule has 1 aliphatic rings. The Bertz CT molecular complexity index is 585. The predicted octanol–water partition coefficient (Wildman–Crippen LogP) is 3.44. The third kappa shape index (κ3) is 3.60. The van der Waals surface area contributed by atoms with Crippen LogP contribution in [0.15, 0.2) is 54.6 Å². The van der Waals surface area contributed by atoms with E-state index in [1.165, 1.54) is 5.56 Å². The molecule has 1 N–H and O–H groups in total. The highest BCUT2D eigenvalue weighted by molar-refractivity contribution is 5.40. The summed E-state index contributed by atoms with van der Waals surface area (Å²) >= 11 is 0. The number of ether oxygens (including phenoxy) is 2. The molecule has 3 nitrogen and oxygen atoms in total. The van der Waals surface area contributed by atoms with Gasteiger partial charge >= 0.3 is 0 Å². The van der Waals surface area contributed by atoms with Crippen LogP contribution in [0.1, 0.15) is 18.9 Å². The molecule has 0 aromatic heterocycles. The second-order valence-corrected chi connectivity index (χ2v) is 5.66. The Morgan fingerprint density at radius 3 is 2.55 bits per heavy atom. The number of para-hydroxylation sites is 2. The van der Waals surface area contributed by atoms with Crippen LogP contribution in [0.4, 0.5) is 0 Å². The van der Waals surface area contributed by atoms with Gasteiger partial charge in [0.05, 0.1) is 6.04 Å². The molecule has 0 fully saturated rings. The summed E-state index contributed by atoms with van der Waals surface area (Å²) in [4.78, 5) is 0. The van der Waals surface area contributed by atoms with Crippen molar-refractivity contribution in [1.82, 2.24) is 5.32 Å². The Balaban J connectivity index is 1.72. The molecule has 22 heavy (non-hydrogen) atoms. The van der Waals surface area contributed by atoms with Crippen LogP contribution in [0, 0.1) is 0 Å². The van der Waals surface area contributed by atoms with Crippen molar-refractivity contribution in [2.24, 2.45) is 0 Å². The SMILES string of the molecule is CCCNC(Cc1ccccc1)C1COc2ccccc2O1. The predicted molar refractivity (Wildman–Crippen MR) is 88.6 cm³/mol. The van der Waals surface area contributed by atoms with Crippen LogP contribution in [-0.4, -0.2) is 25.3 Å². The number of rotatable bonds is 6. The smallest absolute Gasteiger partial charge is 0.161 e. The second kappa shape index (κ2) is 7.32. The number of fused-ring (bicyclic) bond motifs is 1. The Labute approximate surface area is 132 Å². The summed E-state index contributed by atoms with van der Waals surface area (Å²) in [7, 11) is 0. The van der Waals surface area contributed by atoms with Gasteiger partial charge in [-0.15, -0.1) is 0 Å². The first-order valence-corrected chi connectivity index (χ1v) is 8.02. The summed E-state index contributed by atoms with van der Waals surface area (Å²) in [6.07, 6.45) is 2.08. The van der Waals surface area contributed by atoms with Crippen LogP contribution in [0.5, 0.6) is 11.5 Å². The minimum Gasteiger partial charge on any atom is -0.486 e. The third-order valence-corrected chi connectivity index (χ3v) is 3.93. The molecule has 0 saturated carbocycles. The fraction of sp³-hybridized carbons (Fsp3) is 0.368. The van der Waals surface area contributed by atoms with Crippen molar-refractivity contribution in [3.05, 3.63) is 60.2 Å². The molecule has 2 unspecified atom stereocenters. The number of benzene rings is 2. The van der Waals surface area contributed by atoms with Crippen LogP contribution in [0.2, 0.25) is 0 Å². The molecule has 2 aromatic rings. The fourth-order valence-corrected chi connectivity index (χ4v) is 2.77. The highest BCUT2D eigenvalue weighted by atomic mass is 16.6. The van der Waals surface area contributed by atoms with E-state index in [0.29, 0.717) is 6.61 Å². The summed E-state index contributed by atoms with van der Waals surface area (Å²) in [5.41, 5.74) is 1.32. The van der Waals surface area contributed by atoms with E-state index in [0.717, 1.165) is 30.9 Å². The first-order valence-electron chi connectivity index (χ1n) is 8.02. The van der Waals surface area contributed by atoms with Gasteiger partial charge in [-0.1, -0.05) is 49.4 Å². The van der Waals surface area contributed by atoms with E-state index in [-0.39, 0.29) is 12.1 Å². The molecule has 2 aromatic carbocycles. The quantitative estimate of drug-likeness (QED) is 0.886. The zero-order valence-corrected chi connectivity index (χ0v) is 13.0. The van der Waals surface area contributed by atoms with Crippen LogP contribution in [-0.2, 0) is 6.42 Å². The molecule has 0 aliphatic carbocycles. The van der Waals surface area contributed by atoms with Gasteiger partial charge in [0.1, 0.15) is 12.7 Å². The Hall–Kier alpha value is -2.00. The molecule has 0 amide bonds. The van der Waals surface area contributed by atoms with Crippen molar-refractivity contribution in [3.8, 4) is 11.5 Å². The van der Waals surface area contributed by atoms with E-state index in [1.54, 1.807) is 0 Å². The molecule has 3 heteroatoms. The van der Waals surface area contributed by atoms with Gasteiger partial charge in [-0.05, 0) is 37.1 Å². The largest absolute Gasteiger partial charge is 0.486 e. The number of nitrogens with one attached hydrogen (secondary N) is 1. The van der Waals surface area contributed by atoms with Crippen LogP contribution >= 0.6 is 0 Å². The van der Waals surface area contributed by atoms with Crippen molar-refractivity contribution in [2.75, 3.05) is 13.2 Å². The van der Waals surface area contributed by atoms with Gasteiger partial charge in [0, 0.05) is 0 Å². The molecule has 3 rings (SSSR count). The second-order valence-electron chi connectivity index (χ2n) is 5.66. The van der Waals surface area contributed by atoms with Crippen molar-refractivity contribution in [1.29, 1.82) is 0 Å². The molecule has 0 spiro atoms. The first-order chi connectivity index (χ1) is 10.9. The normalized spacial score (nSPS) is 18.0. The van der Waals surface area contributed by atoms with E-state index in [9.17, 15) is 0 Å². The molecule has 0 bridgehead atoms. The highest BCUT2D eigenvalue weighted by Crippen LogP contribution is 2.32. The molecule has 116 valence electrons. The average Bonchev–Trinajstić information content (AvgIpc) is 2.59. The van der Waals surface area contributed by atoms with Gasteiger partial charge < -0.3 is 14.8 Å². The summed E-state index contributed by atoms with van der Waals surface area (Å²) < 4.78 is 12.0. The Morgan fingerprint density at radius 2 is 1.77 bits per heavy atom. The van der Waals surface area contributed by atoms with Crippen molar-refractivity contribution in [2.45, 2.75) is 31.9 Å². The maximum Gasteiger partial charge on any atom is 0.161 e. The van der Waals surface area contributed by atoms with Crippen LogP contribution in [0.3, 0.4) is 0 Å². The first kappa shape index (κ1) is 14.9. The minimum absolute atomic E-state index is 0.0293. The minimum atomic E-state index is 0.0293. The maximum absolute atomic E-state index is 6.18. The van der Waals surface area contributed by atoms with Crippen molar-refractivity contribution in [3.63, 3.8) is 0 Å². The van der Waals surface area contributed by atoms with E-state index < -0.39 is 0 Å². The Kier molecular flexibility index (Phi) is 4.96. The van der Waals surface area contributed by atoms with Gasteiger partial charge in [0.25, 0.3) is 0 Å². The summed E-state index contributed by atoms with van der Waals surface area (Å²) in [6, 6.07) is 18.7. The molecule has 0 radical (unpaired) electrons. The zero-order chi connectivity index (χ0) is 15.2. The lowest BCUT2D eigenvalue weighted by Gasteiger charge is -2.33. The van der Waals surface area contributed by atoms with Gasteiger partial charge in [-0.2, -0.15) is 0 Å². The van der Waals surface area contributed by atoms with Crippen LogP contribution < -0.4 is 14.8 Å². The van der Waals surface area contributed by atoms with Crippen LogP contribution in [0.25, 0.3) is 0 Å². The monoisotopic (exact) mass is 297 g/mol. The van der Waals surface area contributed by atoms with Gasteiger partial charge in [0.2, 0.25) is 0 Å². The van der Waals surface area contributed by atoms with Gasteiger partial charge in [-0.25, -0.2) is 0 Å². The lowest BCUT2D eigenvalue weighted by atomic mass is 10.0. The van der Waals surface area contributed by atoms with Crippen molar-refractivity contribution >= 4 is 0 Å². The van der Waals surface area contributed by atoms with Gasteiger partial charge in [-0.3, -0.25) is 0 Å². The molecule has 1 aliphatic heterocycles. The lowest BCUT2D eigenvalue weighted by Crippen LogP contribution is -2.49. The lowest BCUT2D eigenvalue weighted by molar-refractivity contribution is 0.0620. The molecular weight excluding hydrogens is 274 g/mol. The van der Waals surface area contributed by atoms with E-state index in [1.807, 2.05) is 24.3 Å².